The molecule has 0 spiro atoms. The number of carbonyl (C=O) groups is 1. The van der Waals surface area contributed by atoms with Crippen molar-refractivity contribution in [3.63, 3.8) is 0 Å². The average molecular weight is 476 g/mol. The van der Waals surface area contributed by atoms with Crippen LogP contribution in [0.5, 0.6) is 0 Å². The molecule has 31 heavy (non-hydrogen) atoms. The van der Waals surface area contributed by atoms with E-state index >= 15 is 0 Å². The van der Waals surface area contributed by atoms with E-state index in [0.717, 1.165) is 21.2 Å². The first kappa shape index (κ1) is 21.0. The van der Waals surface area contributed by atoms with E-state index in [-0.39, 0.29) is 5.91 Å². The highest BCUT2D eigenvalue weighted by Gasteiger charge is 2.22. The van der Waals surface area contributed by atoms with Gasteiger partial charge in [0.15, 0.2) is 0 Å². The van der Waals surface area contributed by atoms with E-state index in [2.05, 4.69) is 31.4 Å². The zero-order valence-electron chi connectivity index (χ0n) is 16.9. The van der Waals surface area contributed by atoms with E-state index < -0.39 is 6.04 Å². The molecule has 6 heteroatoms. The Bertz CT molecular complexity index is 1110. The molecule has 1 N–H and O–H groups in total. The van der Waals surface area contributed by atoms with Crippen LogP contribution in [0.4, 0.5) is 0 Å². The normalized spacial score (nSPS) is 11.8. The average Bonchev–Trinajstić information content (AvgIpc) is 3.29. The van der Waals surface area contributed by atoms with Gasteiger partial charge < -0.3 is 9.84 Å². The minimum atomic E-state index is -0.401. The van der Waals surface area contributed by atoms with Crippen LogP contribution < -0.4 is 5.32 Å². The summed E-state index contributed by atoms with van der Waals surface area (Å²) in [6, 6.07) is 27.2. The molecule has 0 aliphatic heterocycles. The molecule has 0 saturated heterocycles. The first-order valence-corrected chi connectivity index (χ1v) is 10.9. The van der Waals surface area contributed by atoms with Crippen LogP contribution in [-0.2, 0) is 17.6 Å². The number of hydrogen-bond donors (Lipinski definition) is 1. The second-order valence-electron chi connectivity index (χ2n) is 7.26. The Labute approximate surface area is 189 Å². The molecular weight excluding hydrogens is 454 g/mol. The van der Waals surface area contributed by atoms with Crippen molar-refractivity contribution in [1.29, 1.82) is 0 Å². The van der Waals surface area contributed by atoms with Gasteiger partial charge in [-0.05, 0) is 41.8 Å². The SMILES string of the molecule is O=C(CCc1ccccc1)NC(Cc1ccccc1)c1nc(-c2ccc(Br)cc2)no1. The maximum absolute atomic E-state index is 12.7. The lowest BCUT2D eigenvalue weighted by Gasteiger charge is -2.15. The van der Waals surface area contributed by atoms with Crippen LogP contribution in [0.3, 0.4) is 0 Å². The number of aryl methyl sites for hydroxylation is 1. The van der Waals surface area contributed by atoms with Crippen LogP contribution in [0.25, 0.3) is 11.4 Å². The third-order valence-corrected chi connectivity index (χ3v) is 5.47. The molecule has 1 amide bonds. The Morgan fingerprint density at radius 3 is 2.23 bits per heavy atom. The second-order valence-corrected chi connectivity index (χ2v) is 8.17. The summed E-state index contributed by atoms with van der Waals surface area (Å²) in [5, 5.41) is 7.21. The van der Waals surface area contributed by atoms with Crippen LogP contribution in [-0.4, -0.2) is 16.0 Å². The van der Waals surface area contributed by atoms with Crippen molar-refractivity contribution >= 4 is 21.8 Å². The van der Waals surface area contributed by atoms with Gasteiger partial charge in [-0.2, -0.15) is 4.98 Å². The number of rotatable bonds is 8. The number of hydrogen-bond acceptors (Lipinski definition) is 4. The van der Waals surface area contributed by atoms with Gasteiger partial charge in [-0.1, -0.05) is 81.8 Å². The van der Waals surface area contributed by atoms with Gasteiger partial charge in [0.25, 0.3) is 0 Å². The van der Waals surface area contributed by atoms with Gasteiger partial charge in [-0.15, -0.1) is 0 Å². The molecular formula is C25H22BrN3O2. The van der Waals surface area contributed by atoms with Gasteiger partial charge in [-0.25, -0.2) is 0 Å². The highest BCUT2D eigenvalue weighted by Crippen LogP contribution is 2.23. The summed E-state index contributed by atoms with van der Waals surface area (Å²) in [7, 11) is 0. The Kier molecular flexibility index (Phi) is 6.89. The third-order valence-electron chi connectivity index (χ3n) is 4.94. The molecule has 5 nitrogen and oxygen atoms in total. The molecule has 1 atom stereocenters. The number of nitrogens with one attached hydrogen (secondary N) is 1. The minimum absolute atomic E-state index is 0.0480. The fourth-order valence-electron chi connectivity index (χ4n) is 3.31. The third kappa shape index (κ3) is 5.89. The lowest BCUT2D eigenvalue weighted by atomic mass is 10.0. The van der Waals surface area contributed by atoms with Crippen molar-refractivity contribution in [1.82, 2.24) is 15.5 Å². The van der Waals surface area contributed by atoms with Crippen molar-refractivity contribution in [2.24, 2.45) is 0 Å². The van der Waals surface area contributed by atoms with E-state index in [4.69, 9.17) is 4.52 Å². The zero-order valence-corrected chi connectivity index (χ0v) is 18.5. The molecule has 0 saturated carbocycles. The van der Waals surface area contributed by atoms with Gasteiger partial charge in [-0.3, -0.25) is 4.79 Å². The van der Waals surface area contributed by atoms with Crippen LogP contribution in [0.1, 0.15) is 29.5 Å². The Hall–Kier alpha value is -3.25. The maximum Gasteiger partial charge on any atom is 0.249 e. The molecule has 0 aliphatic rings. The molecule has 4 rings (SSSR count). The van der Waals surface area contributed by atoms with Crippen LogP contribution in [0.2, 0.25) is 0 Å². The van der Waals surface area contributed by atoms with Gasteiger partial charge >= 0.3 is 0 Å². The topological polar surface area (TPSA) is 68.0 Å². The second kappa shape index (κ2) is 10.2. The van der Waals surface area contributed by atoms with E-state index in [1.54, 1.807) is 0 Å². The fourth-order valence-corrected chi connectivity index (χ4v) is 3.58. The molecule has 1 aromatic heterocycles. The Morgan fingerprint density at radius 1 is 0.903 bits per heavy atom. The Balaban J connectivity index is 1.50. The van der Waals surface area contributed by atoms with E-state index in [9.17, 15) is 4.79 Å². The van der Waals surface area contributed by atoms with E-state index in [1.165, 1.54) is 0 Å². The predicted octanol–water partition coefficient (Wildman–Crippen LogP) is 5.53. The number of benzene rings is 3. The number of halogens is 1. The summed E-state index contributed by atoms with van der Waals surface area (Å²) in [4.78, 5) is 17.3. The smallest absolute Gasteiger partial charge is 0.249 e. The predicted molar refractivity (Wildman–Crippen MR) is 123 cm³/mol. The standard InChI is InChI=1S/C25H22BrN3O2/c26-21-14-12-20(13-15-21)24-28-25(31-29-24)22(17-19-9-5-2-6-10-19)27-23(30)16-11-18-7-3-1-4-8-18/h1-10,12-15,22H,11,16-17H2,(H,27,30). The van der Waals surface area contributed by atoms with Crippen molar-refractivity contribution in [3.8, 4) is 11.4 Å². The fraction of sp³-hybridized carbons (Fsp3) is 0.160. The van der Waals surface area contributed by atoms with Crippen LogP contribution >= 0.6 is 15.9 Å². The first-order chi connectivity index (χ1) is 15.2. The van der Waals surface area contributed by atoms with Gasteiger partial charge in [0.2, 0.25) is 17.6 Å². The molecule has 0 bridgehead atoms. The van der Waals surface area contributed by atoms with Crippen molar-refractivity contribution in [2.45, 2.75) is 25.3 Å². The largest absolute Gasteiger partial charge is 0.344 e. The van der Waals surface area contributed by atoms with Crippen LogP contribution in [0, 0.1) is 0 Å². The number of aromatic nitrogens is 2. The first-order valence-electron chi connectivity index (χ1n) is 10.1. The number of carbonyl (C=O) groups excluding carboxylic acids is 1. The van der Waals surface area contributed by atoms with Crippen molar-refractivity contribution in [3.05, 3.63) is 106 Å². The summed E-state index contributed by atoms with van der Waals surface area (Å²) in [5.74, 6) is 0.849. The summed E-state index contributed by atoms with van der Waals surface area (Å²) >= 11 is 3.43. The van der Waals surface area contributed by atoms with Crippen LogP contribution in [0.15, 0.2) is 93.9 Å². The van der Waals surface area contributed by atoms with Gasteiger partial charge in [0.1, 0.15) is 6.04 Å². The van der Waals surface area contributed by atoms with E-state index in [0.29, 0.717) is 31.0 Å². The summed E-state index contributed by atoms with van der Waals surface area (Å²) in [6.45, 7) is 0. The lowest BCUT2D eigenvalue weighted by molar-refractivity contribution is -0.122. The summed E-state index contributed by atoms with van der Waals surface area (Å²) in [6.07, 6.45) is 1.64. The van der Waals surface area contributed by atoms with Crippen molar-refractivity contribution in [2.75, 3.05) is 0 Å². The summed E-state index contributed by atoms with van der Waals surface area (Å²) in [5.41, 5.74) is 3.07. The number of amides is 1. The monoisotopic (exact) mass is 475 g/mol. The summed E-state index contributed by atoms with van der Waals surface area (Å²) < 4.78 is 6.54. The molecule has 1 heterocycles. The number of nitrogens with zero attached hydrogens (tertiary/aromatic N) is 2. The molecule has 1 unspecified atom stereocenters. The quantitative estimate of drug-likeness (QED) is 0.363. The molecule has 4 aromatic rings. The Morgan fingerprint density at radius 2 is 1.55 bits per heavy atom. The molecule has 0 fully saturated rings. The molecule has 3 aromatic carbocycles. The molecule has 0 radical (unpaired) electrons. The molecule has 0 aliphatic carbocycles. The van der Waals surface area contributed by atoms with E-state index in [1.807, 2.05) is 84.9 Å². The highest BCUT2D eigenvalue weighted by molar-refractivity contribution is 9.10. The highest BCUT2D eigenvalue weighted by atomic mass is 79.9. The van der Waals surface area contributed by atoms with Crippen molar-refractivity contribution < 1.29 is 9.32 Å². The van der Waals surface area contributed by atoms with Gasteiger partial charge in [0.05, 0.1) is 0 Å². The minimum Gasteiger partial charge on any atom is -0.344 e. The molecule has 156 valence electrons. The zero-order chi connectivity index (χ0) is 21.5. The maximum atomic E-state index is 12.7. The lowest BCUT2D eigenvalue weighted by Crippen LogP contribution is -2.30. The van der Waals surface area contributed by atoms with Gasteiger partial charge in [0, 0.05) is 22.9 Å².